The standard InChI is InChI=1S/C13H16BrNO3S/c1-8(2)11(16)15(9-6-7-19-10(9)14)12(17)18-13(3,4)5/h6-7H,1H2,2-5H3. The van der Waals surface area contributed by atoms with E-state index >= 15 is 0 Å². The van der Waals surface area contributed by atoms with Crippen LogP contribution < -0.4 is 4.90 Å². The molecule has 0 aliphatic rings. The lowest BCUT2D eigenvalue weighted by Crippen LogP contribution is -2.41. The molecular formula is C13H16BrNO3S. The summed E-state index contributed by atoms with van der Waals surface area (Å²) in [6.07, 6.45) is -0.709. The van der Waals surface area contributed by atoms with Gasteiger partial charge in [-0.05, 0) is 55.1 Å². The lowest BCUT2D eigenvalue weighted by molar-refractivity contribution is -0.114. The molecule has 19 heavy (non-hydrogen) atoms. The molecule has 1 heterocycles. The van der Waals surface area contributed by atoms with E-state index in [1.165, 1.54) is 11.3 Å². The molecule has 1 rings (SSSR count). The van der Waals surface area contributed by atoms with Gasteiger partial charge in [-0.3, -0.25) is 4.79 Å². The summed E-state index contributed by atoms with van der Waals surface area (Å²) in [5.74, 6) is -0.478. The summed E-state index contributed by atoms with van der Waals surface area (Å²) in [7, 11) is 0. The van der Waals surface area contributed by atoms with Gasteiger partial charge in [-0.2, -0.15) is 0 Å². The van der Waals surface area contributed by atoms with Crippen molar-refractivity contribution in [1.29, 1.82) is 0 Å². The molecule has 1 aromatic rings. The quantitative estimate of drug-likeness (QED) is 0.748. The van der Waals surface area contributed by atoms with E-state index in [-0.39, 0.29) is 5.57 Å². The Morgan fingerprint density at radius 3 is 2.37 bits per heavy atom. The first-order valence-electron chi connectivity index (χ1n) is 5.59. The molecule has 1 aromatic heterocycles. The number of hydrogen-bond donors (Lipinski definition) is 0. The van der Waals surface area contributed by atoms with Gasteiger partial charge in [-0.1, -0.05) is 6.58 Å². The number of halogens is 1. The highest BCUT2D eigenvalue weighted by atomic mass is 79.9. The van der Waals surface area contributed by atoms with Gasteiger partial charge in [0.05, 0.1) is 9.47 Å². The van der Waals surface area contributed by atoms with Gasteiger partial charge in [-0.25, -0.2) is 9.69 Å². The van der Waals surface area contributed by atoms with Gasteiger partial charge in [0.25, 0.3) is 5.91 Å². The number of thiophene rings is 1. The summed E-state index contributed by atoms with van der Waals surface area (Å²) < 4.78 is 5.95. The predicted octanol–water partition coefficient (Wildman–Crippen LogP) is 4.35. The van der Waals surface area contributed by atoms with E-state index in [1.807, 2.05) is 0 Å². The maximum atomic E-state index is 12.2. The van der Waals surface area contributed by atoms with Crippen molar-refractivity contribution in [1.82, 2.24) is 0 Å². The number of ether oxygens (including phenoxy) is 1. The lowest BCUT2D eigenvalue weighted by Gasteiger charge is -2.26. The molecule has 0 aliphatic heterocycles. The Kier molecular flexibility index (Phi) is 4.92. The Balaban J connectivity index is 3.14. The third-order valence-corrected chi connectivity index (χ3v) is 3.64. The minimum absolute atomic E-state index is 0.268. The van der Waals surface area contributed by atoms with E-state index in [0.29, 0.717) is 9.47 Å². The second kappa shape index (κ2) is 5.88. The summed E-state index contributed by atoms with van der Waals surface area (Å²) in [4.78, 5) is 25.3. The second-order valence-corrected chi connectivity index (χ2v) is 7.21. The van der Waals surface area contributed by atoms with Crippen molar-refractivity contribution in [3.63, 3.8) is 0 Å². The largest absolute Gasteiger partial charge is 0.443 e. The first-order valence-corrected chi connectivity index (χ1v) is 7.26. The van der Waals surface area contributed by atoms with E-state index in [4.69, 9.17) is 4.74 Å². The third kappa shape index (κ3) is 4.18. The zero-order valence-electron chi connectivity index (χ0n) is 11.3. The number of carbonyl (C=O) groups is 2. The molecule has 0 unspecified atom stereocenters. The number of amides is 2. The number of carbonyl (C=O) groups excluding carboxylic acids is 2. The maximum Gasteiger partial charge on any atom is 0.422 e. The number of nitrogens with zero attached hydrogens (tertiary/aromatic N) is 1. The summed E-state index contributed by atoms with van der Waals surface area (Å²) in [5, 5.41) is 1.78. The van der Waals surface area contributed by atoms with Crippen molar-refractivity contribution in [3.05, 3.63) is 27.4 Å². The van der Waals surface area contributed by atoms with Crippen molar-refractivity contribution in [2.45, 2.75) is 33.3 Å². The van der Waals surface area contributed by atoms with E-state index in [1.54, 1.807) is 39.1 Å². The van der Waals surface area contributed by atoms with Crippen LogP contribution in [0.25, 0.3) is 0 Å². The fraction of sp³-hybridized carbons (Fsp3) is 0.385. The minimum atomic E-state index is -0.709. The molecule has 0 aromatic carbocycles. The van der Waals surface area contributed by atoms with Crippen LogP contribution in [0.4, 0.5) is 10.5 Å². The van der Waals surface area contributed by atoms with E-state index < -0.39 is 17.6 Å². The summed E-state index contributed by atoms with van der Waals surface area (Å²) in [6, 6.07) is 1.68. The molecule has 104 valence electrons. The van der Waals surface area contributed by atoms with Crippen LogP contribution in [0.15, 0.2) is 27.4 Å². The highest BCUT2D eigenvalue weighted by Gasteiger charge is 2.30. The smallest absolute Gasteiger partial charge is 0.422 e. The average Bonchev–Trinajstić information content (AvgIpc) is 2.62. The second-order valence-electron chi connectivity index (χ2n) is 4.98. The van der Waals surface area contributed by atoms with Crippen molar-refractivity contribution in [2.24, 2.45) is 0 Å². The van der Waals surface area contributed by atoms with Gasteiger partial charge in [0, 0.05) is 5.57 Å². The first kappa shape index (κ1) is 15.9. The Hall–Kier alpha value is -1.14. The van der Waals surface area contributed by atoms with E-state index in [2.05, 4.69) is 22.5 Å². The molecule has 2 amide bonds. The van der Waals surface area contributed by atoms with Crippen LogP contribution in [-0.2, 0) is 9.53 Å². The van der Waals surface area contributed by atoms with E-state index in [0.717, 1.165) is 4.90 Å². The molecule has 0 aliphatic carbocycles. The van der Waals surface area contributed by atoms with E-state index in [9.17, 15) is 9.59 Å². The summed E-state index contributed by atoms with van der Waals surface area (Å²) >= 11 is 4.70. The van der Waals surface area contributed by atoms with Gasteiger partial charge in [0.1, 0.15) is 5.60 Å². The van der Waals surface area contributed by atoms with Crippen molar-refractivity contribution < 1.29 is 14.3 Å². The van der Waals surface area contributed by atoms with Crippen LogP contribution in [0.2, 0.25) is 0 Å². The lowest BCUT2D eigenvalue weighted by atomic mass is 10.2. The van der Waals surface area contributed by atoms with Gasteiger partial charge < -0.3 is 4.74 Å². The maximum absolute atomic E-state index is 12.2. The first-order chi connectivity index (χ1) is 8.63. The molecule has 6 heteroatoms. The topological polar surface area (TPSA) is 46.6 Å². The highest BCUT2D eigenvalue weighted by molar-refractivity contribution is 9.11. The minimum Gasteiger partial charge on any atom is -0.443 e. The van der Waals surface area contributed by atoms with Crippen LogP contribution >= 0.6 is 27.3 Å². The zero-order valence-corrected chi connectivity index (χ0v) is 13.7. The Morgan fingerprint density at radius 2 is 2.00 bits per heavy atom. The van der Waals surface area contributed by atoms with Crippen LogP contribution in [0.5, 0.6) is 0 Å². The zero-order chi connectivity index (χ0) is 14.8. The Bertz CT molecular complexity index is 516. The van der Waals surface area contributed by atoms with Crippen molar-refractivity contribution in [2.75, 3.05) is 4.90 Å². The van der Waals surface area contributed by atoms with Gasteiger partial charge in [-0.15, -0.1) is 11.3 Å². The fourth-order valence-electron chi connectivity index (χ4n) is 1.24. The van der Waals surface area contributed by atoms with Crippen LogP contribution in [0.3, 0.4) is 0 Å². The predicted molar refractivity (Wildman–Crippen MR) is 80.6 cm³/mol. The molecule has 0 bridgehead atoms. The Labute approximate surface area is 125 Å². The SMILES string of the molecule is C=C(C)C(=O)N(C(=O)OC(C)(C)C)c1ccsc1Br. The Morgan fingerprint density at radius 1 is 1.42 bits per heavy atom. The molecule has 0 saturated carbocycles. The molecule has 0 N–H and O–H groups in total. The molecular weight excluding hydrogens is 330 g/mol. The van der Waals surface area contributed by atoms with Crippen molar-refractivity contribution >= 4 is 45.0 Å². The summed E-state index contributed by atoms with van der Waals surface area (Å²) in [6.45, 7) is 10.4. The van der Waals surface area contributed by atoms with Crippen LogP contribution in [-0.4, -0.2) is 17.6 Å². The van der Waals surface area contributed by atoms with Gasteiger partial charge in [0.2, 0.25) is 0 Å². The average molecular weight is 346 g/mol. The number of hydrogen-bond acceptors (Lipinski definition) is 4. The highest BCUT2D eigenvalue weighted by Crippen LogP contribution is 2.33. The van der Waals surface area contributed by atoms with Crippen molar-refractivity contribution in [3.8, 4) is 0 Å². The monoisotopic (exact) mass is 345 g/mol. The van der Waals surface area contributed by atoms with Crippen LogP contribution in [0.1, 0.15) is 27.7 Å². The number of imide groups is 1. The fourth-order valence-corrected chi connectivity index (χ4v) is 2.47. The molecule has 0 saturated heterocycles. The third-order valence-electron chi connectivity index (χ3n) is 1.98. The molecule has 0 fully saturated rings. The number of rotatable bonds is 2. The van der Waals surface area contributed by atoms with Crippen LogP contribution in [0, 0.1) is 0 Å². The molecule has 0 atom stereocenters. The summed E-state index contributed by atoms with van der Waals surface area (Å²) in [5.41, 5.74) is 0.0592. The van der Waals surface area contributed by atoms with Gasteiger partial charge in [0.15, 0.2) is 0 Å². The number of anilines is 1. The normalized spacial score (nSPS) is 11.0. The molecule has 0 radical (unpaired) electrons. The van der Waals surface area contributed by atoms with Gasteiger partial charge >= 0.3 is 6.09 Å². The molecule has 0 spiro atoms. The molecule has 4 nitrogen and oxygen atoms in total.